The molecule has 0 saturated heterocycles. The molecule has 0 bridgehead atoms. The Kier molecular flexibility index (Phi) is 4.41. The average Bonchev–Trinajstić information content (AvgIpc) is 2.19. The molecule has 0 saturated carbocycles. The maximum atomic E-state index is 10.7. The van der Waals surface area contributed by atoms with E-state index in [9.17, 15) is 4.79 Å². The summed E-state index contributed by atoms with van der Waals surface area (Å²) < 4.78 is 0. The Labute approximate surface area is 103 Å². The molecule has 0 aromatic heterocycles. The number of hydrogen-bond donors (Lipinski definition) is 3. The smallest absolute Gasteiger partial charge is 0.307 e. The van der Waals surface area contributed by atoms with Gasteiger partial charge in [-0.2, -0.15) is 0 Å². The van der Waals surface area contributed by atoms with E-state index in [1.165, 1.54) is 0 Å². The number of benzene rings is 1. The molecule has 1 aromatic carbocycles. The molecule has 6 heteroatoms. The molecule has 0 aliphatic rings. The topological polar surface area (TPSA) is 75.3 Å². The minimum absolute atomic E-state index is 0.204. The second-order valence-electron chi connectivity index (χ2n) is 3.21. The van der Waals surface area contributed by atoms with Gasteiger partial charge in [0.25, 0.3) is 0 Å². The van der Waals surface area contributed by atoms with Crippen LogP contribution in [0.15, 0.2) is 12.1 Å². The van der Waals surface area contributed by atoms with E-state index in [1.54, 1.807) is 19.2 Å². The maximum absolute atomic E-state index is 10.7. The summed E-state index contributed by atoms with van der Waals surface area (Å²) in [5.74, 6) is -0.978. The van der Waals surface area contributed by atoms with Gasteiger partial charge in [0.15, 0.2) is 0 Å². The third kappa shape index (κ3) is 2.78. The molecular weight excluding hydrogens is 251 g/mol. The number of rotatable bonds is 4. The highest BCUT2D eigenvalue weighted by molar-refractivity contribution is 6.32. The molecule has 0 spiro atoms. The van der Waals surface area contributed by atoms with Crippen molar-refractivity contribution in [1.29, 1.82) is 0 Å². The predicted octanol–water partition coefficient (Wildman–Crippen LogP) is 2.20. The molecule has 1 aromatic rings. The van der Waals surface area contributed by atoms with Crippen LogP contribution in [-0.2, 0) is 11.2 Å². The van der Waals surface area contributed by atoms with Crippen molar-refractivity contribution in [3.63, 3.8) is 0 Å². The lowest BCUT2D eigenvalue weighted by atomic mass is 10.0. The largest absolute Gasteiger partial charge is 0.481 e. The highest BCUT2D eigenvalue weighted by Gasteiger charge is 2.18. The number of alkyl halides is 1. The van der Waals surface area contributed by atoms with Gasteiger partial charge < -0.3 is 16.2 Å². The zero-order valence-corrected chi connectivity index (χ0v) is 10.1. The summed E-state index contributed by atoms with van der Waals surface area (Å²) in [5, 5.41) is 12.1. The number of halogens is 2. The first-order valence-corrected chi connectivity index (χ1v) is 5.39. The van der Waals surface area contributed by atoms with Gasteiger partial charge in [-0.25, -0.2) is 0 Å². The standard InChI is InChI=1S/C10H12Cl2N2O2/c1-14-7-3-2-6(11)5(4-8(15)16)9(7)10(12)13/h2-3,10,14H,4,13H2,1H3,(H,15,16). The maximum Gasteiger partial charge on any atom is 0.307 e. The fourth-order valence-electron chi connectivity index (χ4n) is 1.50. The molecular formula is C10H12Cl2N2O2. The first-order chi connectivity index (χ1) is 7.47. The third-order valence-corrected chi connectivity index (χ3v) is 2.75. The molecule has 16 heavy (non-hydrogen) atoms. The van der Waals surface area contributed by atoms with E-state index in [4.69, 9.17) is 34.0 Å². The van der Waals surface area contributed by atoms with Gasteiger partial charge >= 0.3 is 5.97 Å². The summed E-state index contributed by atoms with van der Waals surface area (Å²) in [7, 11) is 1.70. The summed E-state index contributed by atoms with van der Waals surface area (Å²) >= 11 is 11.8. The van der Waals surface area contributed by atoms with E-state index in [0.29, 0.717) is 21.8 Å². The zero-order chi connectivity index (χ0) is 12.3. The van der Waals surface area contributed by atoms with E-state index in [0.717, 1.165) is 0 Å². The number of aliphatic carboxylic acids is 1. The molecule has 1 rings (SSSR count). The van der Waals surface area contributed by atoms with E-state index in [-0.39, 0.29) is 6.42 Å². The molecule has 0 heterocycles. The van der Waals surface area contributed by atoms with Crippen molar-refractivity contribution in [2.75, 3.05) is 12.4 Å². The second kappa shape index (κ2) is 5.39. The van der Waals surface area contributed by atoms with Crippen LogP contribution in [0.2, 0.25) is 5.02 Å². The summed E-state index contributed by atoms with van der Waals surface area (Å²) in [6, 6.07) is 3.33. The molecule has 4 N–H and O–H groups in total. The van der Waals surface area contributed by atoms with Gasteiger partial charge in [-0.1, -0.05) is 11.6 Å². The van der Waals surface area contributed by atoms with Crippen LogP contribution < -0.4 is 11.1 Å². The van der Waals surface area contributed by atoms with Crippen LogP contribution in [0.1, 0.15) is 16.6 Å². The van der Waals surface area contributed by atoms with Crippen LogP contribution in [0.25, 0.3) is 0 Å². The number of nitrogens with two attached hydrogens (primary N) is 1. The van der Waals surface area contributed by atoms with Crippen molar-refractivity contribution in [3.05, 3.63) is 28.3 Å². The molecule has 0 aliphatic heterocycles. The van der Waals surface area contributed by atoms with Crippen molar-refractivity contribution >= 4 is 34.9 Å². The summed E-state index contributed by atoms with van der Waals surface area (Å²) in [4.78, 5) is 10.7. The lowest BCUT2D eigenvalue weighted by molar-refractivity contribution is -0.136. The van der Waals surface area contributed by atoms with Gasteiger partial charge in [0.05, 0.1) is 6.42 Å². The fourth-order valence-corrected chi connectivity index (χ4v) is 1.98. The minimum Gasteiger partial charge on any atom is -0.481 e. The Hall–Kier alpha value is -0.970. The second-order valence-corrected chi connectivity index (χ2v) is 4.09. The summed E-state index contributed by atoms with van der Waals surface area (Å²) in [5.41, 5.74) is 6.47. The molecule has 1 unspecified atom stereocenters. The monoisotopic (exact) mass is 262 g/mol. The van der Waals surface area contributed by atoms with E-state index in [2.05, 4.69) is 5.32 Å². The Balaban J connectivity index is 3.35. The van der Waals surface area contributed by atoms with Gasteiger partial charge in [0, 0.05) is 23.3 Å². The van der Waals surface area contributed by atoms with Crippen molar-refractivity contribution in [2.45, 2.75) is 11.9 Å². The molecule has 4 nitrogen and oxygen atoms in total. The minimum atomic E-state index is -0.978. The first-order valence-electron chi connectivity index (χ1n) is 4.57. The van der Waals surface area contributed by atoms with E-state index < -0.39 is 11.5 Å². The Morgan fingerprint density at radius 3 is 2.69 bits per heavy atom. The number of anilines is 1. The van der Waals surface area contributed by atoms with E-state index >= 15 is 0 Å². The van der Waals surface area contributed by atoms with Gasteiger partial charge in [-0.05, 0) is 17.7 Å². The van der Waals surface area contributed by atoms with Crippen LogP contribution >= 0.6 is 23.2 Å². The quantitative estimate of drug-likeness (QED) is 0.575. The number of carbonyl (C=O) groups is 1. The SMILES string of the molecule is CNc1ccc(Cl)c(CC(=O)O)c1C(N)Cl. The normalized spacial score (nSPS) is 12.2. The third-order valence-electron chi connectivity index (χ3n) is 2.17. The predicted molar refractivity (Wildman–Crippen MR) is 65.1 cm³/mol. The van der Waals surface area contributed by atoms with Gasteiger partial charge in [0.1, 0.15) is 5.50 Å². The van der Waals surface area contributed by atoms with Crippen molar-refractivity contribution in [3.8, 4) is 0 Å². The van der Waals surface area contributed by atoms with Gasteiger partial charge in [-0.3, -0.25) is 4.79 Å². The lowest BCUT2D eigenvalue weighted by Crippen LogP contribution is -2.12. The number of hydrogen-bond acceptors (Lipinski definition) is 3. The summed E-state index contributed by atoms with van der Waals surface area (Å²) in [6.45, 7) is 0. The fraction of sp³-hybridized carbons (Fsp3) is 0.300. The van der Waals surface area contributed by atoms with E-state index in [1.807, 2.05) is 0 Å². The van der Waals surface area contributed by atoms with Crippen LogP contribution in [0.5, 0.6) is 0 Å². The van der Waals surface area contributed by atoms with Crippen molar-refractivity contribution in [1.82, 2.24) is 0 Å². The molecule has 0 radical (unpaired) electrons. The van der Waals surface area contributed by atoms with Gasteiger partial charge in [0.2, 0.25) is 0 Å². The molecule has 1 atom stereocenters. The Morgan fingerprint density at radius 2 is 2.25 bits per heavy atom. The van der Waals surface area contributed by atoms with Crippen LogP contribution in [0.4, 0.5) is 5.69 Å². The van der Waals surface area contributed by atoms with Crippen molar-refractivity contribution in [2.24, 2.45) is 5.73 Å². The van der Waals surface area contributed by atoms with Crippen molar-refractivity contribution < 1.29 is 9.90 Å². The molecule has 0 amide bonds. The Morgan fingerprint density at radius 1 is 1.62 bits per heavy atom. The number of carboxylic acids is 1. The first kappa shape index (κ1) is 13.1. The van der Waals surface area contributed by atoms with Crippen LogP contribution in [-0.4, -0.2) is 18.1 Å². The highest BCUT2D eigenvalue weighted by Crippen LogP contribution is 2.33. The molecule has 0 aliphatic carbocycles. The summed E-state index contributed by atoms with van der Waals surface area (Å²) in [6.07, 6.45) is -0.204. The number of nitrogens with one attached hydrogen (secondary N) is 1. The molecule has 88 valence electrons. The number of carboxylic acid groups (broad SMARTS) is 1. The average molecular weight is 263 g/mol. The lowest BCUT2D eigenvalue weighted by Gasteiger charge is -2.16. The van der Waals surface area contributed by atoms with Crippen LogP contribution in [0.3, 0.4) is 0 Å². The van der Waals surface area contributed by atoms with Gasteiger partial charge in [-0.15, -0.1) is 11.6 Å². The zero-order valence-electron chi connectivity index (χ0n) is 8.63. The molecule has 0 fully saturated rings. The Bertz CT molecular complexity index is 408. The van der Waals surface area contributed by atoms with Crippen LogP contribution in [0, 0.1) is 0 Å². The highest BCUT2D eigenvalue weighted by atomic mass is 35.5.